The number of halogens is 1. The van der Waals surface area contributed by atoms with E-state index in [2.05, 4.69) is 42.2 Å². The Morgan fingerprint density at radius 2 is 2.23 bits per heavy atom. The van der Waals surface area contributed by atoms with Crippen LogP contribution in [0.2, 0.25) is 0 Å². The van der Waals surface area contributed by atoms with Crippen LogP contribution in [0.15, 0.2) is 17.4 Å². The molecule has 3 aliphatic rings. The molecule has 160 valence electrons. The van der Waals surface area contributed by atoms with Crippen molar-refractivity contribution in [1.29, 1.82) is 0 Å². The van der Waals surface area contributed by atoms with Crippen molar-refractivity contribution >= 4 is 24.2 Å². The largest absolute Gasteiger partial charge is 0.380 e. The summed E-state index contributed by atoms with van der Waals surface area (Å²) in [6.07, 6.45) is 2.95. The average Bonchev–Trinajstić information content (AvgIpc) is 3.31. The van der Waals surface area contributed by atoms with Crippen LogP contribution in [0.25, 0.3) is 11.5 Å². The maximum absolute atomic E-state index is 14.2. The van der Waals surface area contributed by atoms with Crippen LogP contribution in [0.4, 0.5) is 10.3 Å². The lowest BCUT2D eigenvalue weighted by molar-refractivity contribution is -0.174. The summed E-state index contributed by atoms with van der Waals surface area (Å²) in [6.45, 7) is 9.47. The summed E-state index contributed by atoms with van der Waals surface area (Å²) in [5.74, 6) is 1.84. The summed E-state index contributed by atoms with van der Waals surface area (Å²) in [7, 11) is 0. The highest BCUT2D eigenvalue weighted by Gasteiger charge is 2.50. The van der Waals surface area contributed by atoms with Crippen molar-refractivity contribution in [2.24, 2.45) is 10.4 Å². The predicted octanol–water partition coefficient (Wildman–Crippen LogP) is 1.16. The van der Waals surface area contributed by atoms with E-state index >= 15 is 0 Å². The van der Waals surface area contributed by atoms with Crippen molar-refractivity contribution in [3.63, 3.8) is 0 Å². The number of aromatic amines is 1. The van der Waals surface area contributed by atoms with Gasteiger partial charge in [0.15, 0.2) is 5.82 Å². The fraction of sp³-hybridized carbons (Fsp3) is 0.579. The molecule has 3 fully saturated rings. The van der Waals surface area contributed by atoms with E-state index in [1.54, 1.807) is 17.1 Å². The Labute approximate surface area is 173 Å². The quantitative estimate of drug-likeness (QED) is 0.681. The van der Waals surface area contributed by atoms with Gasteiger partial charge >= 0.3 is 0 Å². The van der Waals surface area contributed by atoms with Gasteiger partial charge in [0.1, 0.15) is 17.7 Å². The van der Waals surface area contributed by atoms with Gasteiger partial charge in [0.25, 0.3) is 0 Å². The standard InChI is InChI=1S/C19H25FN8O2/c1-12-24-18(25-15-3-4-29-7-14(15)20)26-28(12)17(16(21-2)13-5-22-23-6-13)27-8-19(9-27)10-30-11-19/h5-6,14-15H,2-4,7-11H2,1H3,(H,22,23)(H,25,26)/b17-16-. The molecule has 2 atom stereocenters. The minimum atomic E-state index is -1.09. The van der Waals surface area contributed by atoms with Gasteiger partial charge in [-0.2, -0.15) is 14.8 Å². The van der Waals surface area contributed by atoms with E-state index < -0.39 is 6.17 Å². The van der Waals surface area contributed by atoms with E-state index in [-0.39, 0.29) is 18.1 Å². The number of aromatic nitrogens is 5. The van der Waals surface area contributed by atoms with Crippen molar-refractivity contribution in [3.8, 4) is 0 Å². The van der Waals surface area contributed by atoms with E-state index in [1.807, 2.05) is 6.92 Å². The first-order valence-corrected chi connectivity index (χ1v) is 10.0. The zero-order chi connectivity index (χ0) is 20.7. The molecule has 30 heavy (non-hydrogen) atoms. The van der Waals surface area contributed by atoms with Crippen molar-refractivity contribution < 1.29 is 13.9 Å². The van der Waals surface area contributed by atoms with Crippen LogP contribution >= 0.6 is 0 Å². The number of H-pyrrole nitrogens is 1. The smallest absolute Gasteiger partial charge is 0.243 e. The van der Waals surface area contributed by atoms with E-state index in [1.165, 1.54) is 0 Å². The molecule has 0 radical (unpaired) electrons. The zero-order valence-electron chi connectivity index (χ0n) is 16.8. The first-order chi connectivity index (χ1) is 14.6. The Morgan fingerprint density at radius 1 is 1.40 bits per heavy atom. The lowest BCUT2D eigenvalue weighted by atomic mass is 9.78. The zero-order valence-corrected chi connectivity index (χ0v) is 16.8. The van der Waals surface area contributed by atoms with Gasteiger partial charge in [0, 0.05) is 31.5 Å². The SMILES string of the molecule is C=N/C(=C(/N1CC2(COC2)C1)n1nc(NC2CCOCC2F)nc1C)c1cn[nH]c1. The normalized spacial score (nSPS) is 26.0. The molecule has 3 aliphatic heterocycles. The first kappa shape index (κ1) is 19.2. The van der Waals surface area contributed by atoms with Crippen LogP contribution in [0.5, 0.6) is 0 Å². The molecule has 2 aromatic heterocycles. The number of aryl methyl sites for hydroxylation is 1. The molecule has 1 spiro atoms. The highest BCUT2D eigenvalue weighted by Crippen LogP contribution is 2.42. The number of hydrogen-bond donors (Lipinski definition) is 2. The maximum Gasteiger partial charge on any atom is 0.243 e. The fourth-order valence-electron chi connectivity index (χ4n) is 4.23. The lowest BCUT2D eigenvalue weighted by Gasteiger charge is -2.56. The Kier molecular flexibility index (Phi) is 4.78. The molecule has 11 heteroatoms. The second-order valence-electron chi connectivity index (χ2n) is 8.19. The number of nitrogens with one attached hydrogen (secondary N) is 2. The fourth-order valence-corrected chi connectivity index (χ4v) is 4.23. The highest BCUT2D eigenvalue weighted by molar-refractivity contribution is 5.83. The second-order valence-corrected chi connectivity index (χ2v) is 8.19. The number of aliphatic imine (C=N–C) groups is 1. The van der Waals surface area contributed by atoms with Gasteiger partial charge in [-0.15, -0.1) is 5.10 Å². The third-order valence-electron chi connectivity index (χ3n) is 5.88. The van der Waals surface area contributed by atoms with Gasteiger partial charge in [-0.1, -0.05) is 0 Å². The monoisotopic (exact) mass is 416 g/mol. The highest BCUT2D eigenvalue weighted by atomic mass is 19.1. The molecular weight excluding hydrogens is 391 g/mol. The Hall–Kier alpha value is -2.79. The number of alkyl halides is 1. The molecule has 5 rings (SSSR count). The van der Waals surface area contributed by atoms with Gasteiger partial charge < -0.3 is 19.7 Å². The predicted molar refractivity (Wildman–Crippen MR) is 109 cm³/mol. The molecular formula is C19H25FN8O2. The van der Waals surface area contributed by atoms with E-state index in [0.717, 1.165) is 37.7 Å². The number of rotatable bonds is 6. The van der Waals surface area contributed by atoms with Crippen LogP contribution in [0, 0.1) is 12.3 Å². The summed E-state index contributed by atoms with van der Waals surface area (Å²) < 4.78 is 26.5. The van der Waals surface area contributed by atoms with Crippen LogP contribution in [-0.2, 0) is 9.47 Å². The summed E-state index contributed by atoms with van der Waals surface area (Å²) in [4.78, 5) is 11.0. The summed E-state index contributed by atoms with van der Waals surface area (Å²) in [5.41, 5.74) is 1.67. The van der Waals surface area contributed by atoms with Crippen LogP contribution in [0.3, 0.4) is 0 Å². The minimum Gasteiger partial charge on any atom is -0.380 e. The molecule has 0 aromatic carbocycles. The molecule has 0 saturated carbocycles. The summed E-state index contributed by atoms with van der Waals surface area (Å²) >= 11 is 0. The first-order valence-electron chi connectivity index (χ1n) is 10.0. The third-order valence-corrected chi connectivity index (χ3v) is 5.88. The lowest BCUT2D eigenvalue weighted by Crippen LogP contribution is -2.65. The van der Waals surface area contributed by atoms with E-state index in [9.17, 15) is 4.39 Å². The van der Waals surface area contributed by atoms with Crippen molar-refractivity contribution in [1.82, 2.24) is 29.9 Å². The number of hydrogen-bond acceptors (Lipinski definition) is 8. The van der Waals surface area contributed by atoms with Crippen molar-refractivity contribution in [2.45, 2.75) is 25.6 Å². The van der Waals surface area contributed by atoms with Crippen molar-refractivity contribution in [3.05, 3.63) is 23.8 Å². The molecule has 0 aliphatic carbocycles. The van der Waals surface area contributed by atoms with Crippen LogP contribution in [0.1, 0.15) is 17.8 Å². The van der Waals surface area contributed by atoms with Crippen molar-refractivity contribution in [2.75, 3.05) is 44.8 Å². The van der Waals surface area contributed by atoms with Crippen LogP contribution in [-0.4, -0.2) is 88.3 Å². The maximum atomic E-state index is 14.2. The number of likely N-dealkylation sites (tertiary alicyclic amines) is 1. The molecule has 2 unspecified atom stereocenters. The summed E-state index contributed by atoms with van der Waals surface area (Å²) in [6, 6.07) is -0.369. The molecule has 2 aromatic rings. The Bertz CT molecular complexity index is 944. The number of nitrogens with zero attached hydrogens (tertiary/aromatic N) is 6. The second kappa shape index (κ2) is 7.47. The van der Waals surface area contributed by atoms with E-state index in [4.69, 9.17) is 9.47 Å². The number of ether oxygens (including phenoxy) is 2. The summed E-state index contributed by atoms with van der Waals surface area (Å²) in [5, 5.41) is 14.6. The van der Waals surface area contributed by atoms with Gasteiger partial charge in [-0.3, -0.25) is 10.1 Å². The Morgan fingerprint density at radius 3 is 2.87 bits per heavy atom. The topological polar surface area (TPSA) is 105 Å². The third kappa shape index (κ3) is 3.27. The van der Waals surface area contributed by atoms with Gasteiger partial charge in [0.05, 0.1) is 37.5 Å². The molecule has 0 amide bonds. The molecule has 2 N–H and O–H groups in total. The Balaban J connectivity index is 1.48. The average molecular weight is 416 g/mol. The number of anilines is 1. The van der Waals surface area contributed by atoms with E-state index in [0.29, 0.717) is 30.5 Å². The van der Waals surface area contributed by atoms with Gasteiger partial charge in [-0.25, -0.2) is 4.39 Å². The minimum absolute atomic E-state index is 0.0888. The van der Waals surface area contributed by atoms with Gasteiger partial charge in [0.2, 0.25) is 5.95 Å². The molecule has 3 saturated heterocycles. The van der Waals surface area contributed by atoms with Gasteiger partial charge in [-0.05, 0) is 20.1 Å². The van der Waals surface area contributed by atoms with Crippen LogP contribution < -0.4 is 5.32 Å². The molecule has 10 nitrogen and oxygen atoms in total. The molecule has 5 heterocycles. The molecule has 0 bridgehead atoms.